The van der Waals surface area contributed by atoms with Gasteiger partial charge in [-0.25, -0.2) is 0 Å². The maximum Gasteiger partial charge on any atom is 0.288 e. The second-order valence-corrected chi connectivity index (χ2v) is 7.06. The Morgan fingerprint density at radius 3 is 2.30 bits per heavy atom. The number of halogens is 2. The van der Waals surface area contributed by atoms with Crippen molar-refractivity contribution in [3.8, 4) is 5.75 Å². The quantitative estimate of drug-likeness (QED) is 0.480. The number of ether oxygens (including phenoxy) is 1. The van der Waals surface area contributed by atoms with Crippen LogP contribution in [0.3, 0.4) is 0 Å². The summed E-state index contributed by atoms with van der Waals surface area (Å²) in [5, 5.41) is 5.31. The van der Waals surface area contributed by atoms with Crippen LogP contribution in [0.25, 0.3) is 0 Å². The lowest BCUT2D eigenvalue weighted by atomic mass is 10.2. The lowest BCUT2D eigenvalue weighted by Crippen LogP contribution is -2.22. The largest absolute Gasteiger partial charge is 0.483 e. The molecule has 0 unspecified atom stereocenters. The zero-order valence-corrected chi connectivity index (χ0v) is 16.5. The van der Waals surface area contributed by atoms with Crippen molar-refractivity contribution in [1.82, 2.24) is 0 Å². The molecule has 0 atom stereocenters. The molecule has 0 aromatic heterocycles. The number of alkyl halides is 2. The summed E-state index contributed by atoms with van der Waals surface area (Å²) in [7, 11) is 0. The van der Waals surface area contributed by atoms with Crippen molar-refractivity contribution in [2.45, 2.75) is 10.7 Å². The fraction of sp³-hybridized carbons (Fsp3) is 0.0909. The summed E-state index contributed by atoms with van der Waals surface area (Å²) in [6.07, 6.45) is 0. The van der Waals surface area contributed by atoms with Gasteiger partial charge in [-0.1, -0.05) is 54.2 Å². The molecule has 0 spiro atoms. The van der Waals surface area contributed by atoms with Crippen LogP contribution in [0.4, 0.5) is 20.2 Å². The predicted molar refractivity (Wildman–Crippen MR) is 113 cm³/mol. The van der Waals surface area contributed by atoms with Gasteiger partial charge in [0.2, 0.25) is 0 Å². The molecule has 3 rings (SSSR count). The summed E-state index contributed by atoms with van der Waals surface area (Å²) in [5.74, 6) is -3.28. The Hall–Kier alpha value is -3.39. The van der Waals surface area contributed by atoms with Crippen LogP contribution in [0.5, 0.6) is 5.75 Å². The molecule has 2 N–H and O–H groups in total. The van der Waals surface area contributed by atoms with E-state index in [0.717, 1.165) is 0 Å². The molecule has 0 bridgehead atoms. The summed E-state index contributed by atoms with van der Waals surface area (Å²) in [6.45, 7) is -0.386. The summed E-state index contributed by atoms with van der Waals surface area (Å²) in [5.41, 5.74) is 1.16. The van der Waals surface area contributed by atoms with E-state index in [1.165, 1.54) is 12.1 Å². The number of para-hydroxylation sites is 3. The smallest absolute Gasteiger partial charge is 0.288 e. The first-order chi connectivity index (χ1) is 14.5. The van der Waals surface area contributed by atoms with E-state index in [-0.39, 0.29) is 34.4 Å². The molecule has 0 fully saturated rings. The first kappa shape index (κ1) is 21.3. The van der Waals surface area contributed by atoms with Crippen LogP contribution >= 0.6 is 11.8 Å². The van der Waals surface area contributed by atoms with Crippen molar-refractivity contribution < 1.29 is 23.1 Å². The lowest BCUT2D eigenvalue weighted by Gasteiger charge is -2.13. The number of thioether (sulfide) groups is 1. The molecule has 0 saturated heterocycles. The molecule has 0 aliphatic carbocycles. The summed E-state index contributed by atoms with van der Waals surface area (Å²) < 4.78 is 30.9. The molecule has 8 heteroatoms. The molecular formula is C22H18F2N2O3S. The molecule has 3 aromatic carbocycles. The van der Waals surface area contributed by atoms with Gasteiger partial charge in [-0.2, -0.15) is 8.78 Å². The minimum absolute atomic E-state index is 0.233. The van der Waals surface area contributed by atoms with Gasteiger partial charge in [-0.05, 0) is 36.4 Å². The average Bonchev–Trinajstić information content (AvgIpc) is 2.74. The zero-order valence-electron chi connectivity index (χ0n) is 15.7. The molecule has 3 aromatic rings. The summed E-state index contributed by atoms with van der Waals surface area (Å²) in [6, 6.07) is 21.7. The number of hydrogen-bond donors (Lipinski definition) is 2. The number of hydrogen-bond acceptors (Lipinski definition) is 4. The number of amides is 2. The Bertz CT molecular complexity index is 1020. The van der Waals surface area contributed by atoms with Gasteiger partial charge in [0.1, 0.15) is 5.75 Å². The Morgan fingerprint density at radius 1 is 0.867 bits per heavy atom. The molecule has 154 valence electrons. The molecule has 5 nitrogen and oxygen atoms in total. The van der Waals surface area contributed by atoms with Crippen molar-refractivity contribution in [3.05, 3.63) is 84.4 Å². The number of carbonyl (C=O) groups is 2. The van der Waals surface area contributed by atoms with Crippen LogP contribution in [0.2, 0.25) is 0 Å². The summed E-state index contributed by atoms with van der Waals surface area (Å²) >= 11 is 0.347. The first-order valence-electron chi connectivity index (χ1n) is 8.95. The minimum Gasteiger partial charge on any atom is -0.483 e. The lowest BCUT2D eigenvalue weighted by molar-refractivity contribution is -0.118. The van der Waals surface area contributed by atoms with Gasteiger partial charge in [0.25, 0.3) is 17.6 Å². The fourth-order valence-electron chi connectivity index (χ4n) is 2.60. The maximum absolute atomic E-state index is 12.7. The van der Waals surface area contributed by atoms with E-state index in [4.69, 9.17) is 4.74 Å². The zero-order chi connectivity index (χ0) is 21.3. The number of anilines is 2. The van der Waals surface area contributed by atoms with Gasteiger partial charge in [0, 0.05) is 10.6 Å². The average molecular weight is 428 g/mol. The van der Waals surface area contributed by atoms with E-state index >= 15 is 0 Å². The van der Waals surface area contributed by atoms with Gasteiger partial charge in [-0.3, -0.25) is 9.59 Å². The van der Waals surface area contributed by atoms with Gasteiger partial charge in [0.15, 0.2) is 6.61 Å². The number of benzene rings is 3. The third-order valence-corrected chi connectivity index (χ3v) is 4.69. The van der Waals surface area contributed by atoms with Crippen LogP contribution in [0.15, 0.2) is 83.8 Å². The number of nitrogens with one attached hydrogen (secondary N) is 2. The Balaban J connectivity index is 1.64. The highest BCUT2D eigenvalue weighted by Crippen LogP contribution is 2.31. The SMILES string of the molecule is O=C(COc1ccccc1C(=O)Nc1ccccc1)Nc1ccccc1SC(F)F. The second kappa shape index (κ2) is 10.4. The van der Waals surface area contributed by atoms with Crippen molar-refractivity contribution in [3.63, 3.8) is 0 Å². The van der Waals surface area contributed by atoms with E-state index in [9.17, 15) is 18.4 Å². The Kier molecular flexibility index (Phi) is 7.40. The van der Waals surface area contributed by atoms with Gasteiger partial charge in [0.05, 0.1) is 11.3 Å². The molecule has 0 saturated carbocycles. The summed E-state index contributed by atoms with van der Waals surface area (Å²) in [4.78, 5) is 25.1. The molecule has 0 radical (unpaired) electrons. The molecule has 0 heterocycles. The van der Waals surface area contributed by atoms with Gasteiger partial charge < -0.3 is 15.4 Å². The molecule has 0 aliphatic heterocycles. The van der Waals surface area contributed by atoms with E-state index in [1.807, 2.05) is 6.07 Å². The van der Waals surface area contributed by atoms with E-state index in [2.05, 4.69) is 10.6 Å². The van der Waals surface area contributed by atoms with Crippen molar-refractivity contribution in [2.75, 3.05) is 17.2 Å². The van der Waals surface area contributed by atoms with Crippen LogP contribution in [0, 0.1) is 0 Å². The number of rotatable bonds is 8. The highest BCUT2D eigenvalue weighted by molar-refractivity contribution is 7.99. The van der Waals surface area contributed by atoms with Crippen LogP contribution in [-0.4, -0.2) is 24.2 Å². The maximum atomic E-state index is 12.7. The van der Waals surface area contributed by atoms with Crippen LogP contribution < -0.4 is 15.4 Å². The molecule has 30 heavy (non-hydrogen) atoms. The minimum atomic E-state index is -2.60. The van der Waals surface area contributed by atoms with Gasteiger partial charge >= 0.3 is 0 Å². The molecule has 0 aliphatic rings. The standard InChI is InChI=1S/C22H18F2N2O3S/c23-22(24)30-19-13-7-5-11-17(19)26-20(27)14-29-18-12-6-4-10-16(18)21(28)25-15-8-2-1-3-9-15/h1-13,22H,14H2,(H,25,28)(H,26,27). The molecule has 2 amide bonds. The third-order valence-electron chi connectivity index (χ3n) is 3.90. The van der Waals surface area contributed by atoms with Crippen molar-refractivity contribution in [1.29, 1.82) is 0 Å². The third kappa shape index (κ3) is 6.05. The van der Waals surface area contributed by atoms with Crippen LogP contribution in [0.1, 0.15) is 10.4 Å². The topological polar surface area (TPSA) is 67.4 Å². The normalized spacial score (nSPS) is 10.5. The highest BCUT2D eigenvalue weighted by Gasteiger charge is 2.15. The fourth-order valence-corrected chi connectivity index (χ4v) is 3.19. The first-order valence-corrected chi connectivity index (χ1v) is 9.83. The van der Waals surface area contributed by atoms with Crippen molar-refractivity contribution in [2.24, 2.45) is 0 Å². The van der Waals surface area contributed by atoms with Gasteiger partial charge in [-0.15, -0.1) is 0 Å². The van der Waals surface area contributed by atoms with E-state index in [1.54, 1.807) is 60.7 Å². The second-order valence-electron chi connectivity index (χ2n) is 6.03. The highest BCUT2D eigenvalue weighted by atomic mass is 32.2. The Labute approximate surface area is 176 Å². The molecular weight excluding hydrogens is 410 g/mol. The van der Waals surface area contributed by atoms with Crippen LogP contribution in [-0.2, 0) is 4.79 Å². The number of carbonyl (C=O) groups excluding carboxylic acids is 2. The van der Waals surface area contributed by atoms with E-state index < -0.39 is 11.7 Å². The van der Waals surface area contributed by atoms with E-state index in [0.29, 0.717) is 17.4 Å². The monoisotopic (exact) mass is 428 g/mol. The predicted octanol–water partition coefficient (Wildman–Crippen LogP) is 5.27. The van der Waals surface area contributed by atoms with Crippen molar-refractivity contribution >= 4 is 35.0 Å². The Morgan fingerprint density at radius 2 is 1.53 bits per heavy atom.